The summed E-state index contributed by atoms with van der Waals surface area (Å²) >= 11 is 0. The summed E-state index contributed by atoms with van der Waals surface area (Å²) in [5.41, 5.74) is 1.26. The predicted molar refractivity (Wildman–Crippen MR) is 81.6 cm³/mol. The van der Waals surface area contributed by atoms with E-state index in [4.69, 9.17) is 9.15 Å². The van der Waals surface area contributed by atoms with Gasteiger partial charge in [0.1, 0.15) is 11.6 Å². The van der Waals surface area contributed by atoms with Gasteiger partial charge in [-0.15, -0.1) is 10.2 Å². The van der Waals surface area contributed by atoms with Crippen molar-refractivity contribution in [2.45, 2.75) is 0 Å². The Balaban J connectivity index is 1.79. The van der Waals surface area contributed by atoms with Crippen LogP contribution in [0.5, 0.6) is 5.75 Å². The summed E-state index contributed by atoms with van der Waals surface area (Å²) < 4.78 is 24.2. The molecule has 0 fully saturated rings. The van der Waals surface area contributed by atoms with Crippen molar-refractivity contribution >= 4 is 12.2 Å². The van der Waals surface area contributed by atoms with E-state index in [1.165, 1.54) is 6.07 Å². The summed E-state index contributed by atoms with van der Waals surface area (Å²) in [5, 5.41) is 7.75. The molecule has 0 bridgehead atoms. The molecule has 3 aromatic rings. The quantitative estimate of drug-likeness (QED) is 0.728. The highest BCUT2D eigenvalue weighted by Crippen LogP contribution is 2.21. The van der Waals surface area contributed by atoms with Crippen LogP contribution < -0.4 is 4.74 Å². The number of hydrogen-bond donors (Lipinski definition) is 0. The number of ether oxygens (including phenoxy) is 1. The Bertz CT molecular complexity index is 794. The molecule has 0 unspecified atom stereocenters. The van der Waals surface area contributed by atoms with Crippen molar-refractivity contribution in [3.63, 3.8) is 0 Å². The number of benzene rings is 2. The first-order chi connectivity index (χ1) is 10.8. The van der Waals surface area contributed by atoms with Crippen molar-refractivity contribution in [3.05, 3.63) is 65.8 Å². The lowest BCUT2D eigenvalue weighted by atomic mass is 10.2. The van der Waals surface area contributed by atoms with Gasteiger partial charge in [0.05, 0.1) is 12.7 Å². The monoisotopic (exact) mass is 296 g/mol. The Morgan fingerprint density at radius 2 is 1.77 bits per heavy atom. The minimum absolute atomic E-state index is 0.160. The van der Waals surface area contributed by atoms with Crippen molar-refractivity contribution in [1.82, 2.24) is 10.2 Å². The Hall–Kier alpha value is -2.95. The molecular weight excluding hydrogens is 283 g/mol. The normalized spacial score (nSPS) is 11.0. The predicted octanol–water partition coefficient (Wildman–Crippen LogP) is 4.05. The molecule has 22 heavy (non-hydrogen) atoms. The van der Waals surface area contributed by atoms with Gasteiger partial charge in [0.25, 0.3) is 5.89 Å². The van der Waals surface area contributed by atoms with Gasteiger partial charge in [-0.2, -0.15) is 0 Å². The minimum Gasteiger partial charge on any atom is -0.497 e. The fourth-order valence-electron chi connectivity index (χ4n) is 1.93. The Kier molecular flexibility index (Phi) is 3.96. The molecule has 0 amide bonds. The second kappa shape index (κ2) is 6.22. The van der Waals surface area contributed by atoms with Gasteiger partial charge in [0, 0.05) is 6.08 Å². The second-order valence-electron chi connectivity index (χ2n) is 4.53. The van der Waals surface area contributed by atoms with Gasteiger partial charge in [-0.1, -0.05) is 24.3 Å². The molecule has 0 radical (unpaired) electrons. The lowest BCUT2D eigenvalue weighted by molar-refractivity contribution is 0.415. The zero-order valence-electron chi connectivity index (χ0n) is 11.9. The van der Waals surface area contributed by atoms with Crippen LogP contribution in [0, 0.1) is 5.82 Å². The average molecular weight is 296 g/mol. The molecule has 5 heteroatoms. The number of rotatable bonds is 4. The van der Waals surface area contributed by atoms with Crippen molar-refractivity contribution in [2.24, 2.45) is 0 Å². The van der Waals surface area contributed by atoms with E-state index < -0.39 is 5.82 Å². The summed E-state index contributed by atoms with van der Waals surface area (Å²) in [6.07, 6.45) is 3.51. The van der Waals surface area contributed by atoms with Crippen molar-refractivity contribution < 1.29 is 13.5 Å². The molecular formula is C17H13FN2O2. The van der Waals surface area contributed by atoms with Crippen LogP contribution in [0.15, 0.2) is 52.9 Å². The SMILES string of the molecule is COc1ccc(/C=C/c2nnc(-c3ccccc3F)o2)cc1. The van der Waals surface area contributed by atoms with E-state index in [-0.39, 0.29) is 5.89 Å². The first-order valence-corrected chi connectivity index (χ1v) is 6.67. The molecule has 110 valence electrons. The van der Waals surface area contributed by atoms with E-state index in [1.54, 1.807) is 31.4 Å². The van der Waals surface area contributed by atoms with Gasteiger partial charge >= 0.3 is 0 Å². The van der Waals surface area contributed by atoms with E-state index in [0.29, 0.717) is 11.5 Å². The summed E-state index contributed by atoms with van der Waals surface area (Å²) in [7, 11) is 1.62. The van der Waals surface area contributed by atoms with Gasteiger partial charge in [0.15, 0.2) is 0 Å². The summed E-state index contributed by atoms with van der Waals surface area (Å²) in [5.74, 6) is 0.871. The first-order valence-electron chi connectivity index (χ1n) is 6.67. The summed E-state index contributed by atoms with van der Waals surface area (Å²) in [4.78, 5) is 0. The number of aromatic nitrogens is 2. The van der Waals surface area contributed by atoms with Crippen LogP contribution in [0.2, 0.25) is 0 Å². The van der Waals surface area contributed by atoms with Gasteiger partial charge in [-0.3, -0.25) is 0 Å². The van der Waals surface area contributed by atoms with Gasteiger partial charge in [0.2, 0.25) is 5.89 Å². The zero-order valence-corrected chi connectivity index (χ0v) is 11.9. The van der Waals surface area contributed by atoms with Gasteiger partial charge in [-0.25, -0.2) is 4.39 Å². The molecule has 4 nitrogen and oxygen atoms in total. The molecule has 0 atom stereocenters. The third-order valence-corrected chi connectivity index (χ3v) is 3.08. The van der Waals surface area contributed by atoms with Crippen LogP contribution in [0.1, 0.15) is 11.5 Å². The lowest BCUT2D eigenvalue weighted by Crippen LogP contribution is -1.82. The van der Waals surface area contributed by atoms with Crippen molar-refractivity contribution in [2.75, 3.05) is 7.11 Å². The van der Waals surface area contributed by atoms with Gasteiger partial charge in [-0.05, 0) is 35.9 Å². The fourth-order valence-corrected chi connectivity index (χ4v) is 1.93. The molecule has 0 spiro atoms. The molecule has 1 aromatic heterocycles. The maximum absolute atomic E-state index is 13.6. The highest BCUT2D eigenvalue weighted by atomic mass is 19.1. The fraction of sp³-hybridized carbons (Fsp3) is 0.0588. The van der Waals surface area contributed by atoms with Crippen molar-refractivity contribution in [1.29, 1.82) is 0 Å². The Morgan fingerprint density at radius 1 is 1.00 bits per heavy atom. The number of halogens is 1. The van der Waals surface area contributed by atoms with Gasteiger partial charge < -0.3 is 9.15 Å². The molecule has 0 saturated heterocycles. The van der Waals surface area contributed by atoms with E-state index in [0.717, 1.165) is 11.3 Å². The molecule has 0 aliphatic heterocycles. The van der Waals surface area contributed by atoms with Crippen LogP contribution >= 0.6 is 0 Å². The lowest BCUT2D eigenvalue weighted by Gasteiger charge is -1.98. The highest BCUT2D eigenvalue weighted by molar-refractivity contribution is 5.66. The van der Waals surface area contributed by atoms with Crippen LogP contribution in [-0.2, 0) is 0 Å². The van der Waals surface area contributed by atoms with Crippen LogP contribution in [-0.4, -0.2) is 17.3 Å². The zero-order chi connectivity index (χ0) is 15.4. The van der Waals surface area contributed by atoms with Crippen LogP contribution in [0.25, 0.3) is 23.6 Å². The second-order valence-corrected chi connectivity index (χ2v) is 4.53. The van der Waals surface area contributed by atoms with E-state index in [2.05, 4.69) is 10.2 Å². The van der Waals surface area contributed by atoms with Crippen LogP contribution in [0.4, 0.5) is 4.39 Å². The van der Waals surface area contributed by atoms with E-state index >= 15 is 0 Å². The Labute approximate surface area is 126 Å². The number of hydrogen-bond acceptors (Lipinski definition) is 4. The van der Waals surface area contributed by atoms with Crippen molar-refractivity contribution in [3.8, 4) is 17.2 Å². The molecule has 0 N–H and O–H groups in total. The average Bonchev–Trinajstić information content (AvgIpc) is 3.02. The van der Waals surface area contributed by atoms with Crippen LogP contribution in [0.3, 0.4) is 0 Å². The molecule has 2 aromatic carbocycles. The third-order valence-electron chi connectivity index (χ3n) is 3.08. The minimum atomic E-state index is -0.392. The first kappa shape index (κ1) is 14.0. The largest absolute Gasteiger partial charge is 0.497 e. The topological polar surface area (TPSA) is 48.2 Å². The maximum Gasteiger partial charge on any atom is 0.251 e. The van der Waals surface area contributed by atoms with E-state index in [1.807, 2.05) is 30.3 Å². The molecule has 0 aliphatic carbocycles. The third kappa shape index (κ3) is 3.03. The van der Waals surface area contributed by atoms with E-state index in [9.17, 15) is 4.39 Å². The molecule has 3 rings (SSSR count). The smallest absolute Gasteiger partial charge is 0.251 e. The summed E-state index contributed by atoms with van der Waals surface area (Å²) in [6.45, 7) is 0. The molecule has 0 saturated carbocycles. The number of methoxy groups -OCH3 is 1. The standard InChI is InChI=1S/C17H13FN2O2/c1-21-13-9-6-12(7-10-13)8-11-16-19-20-17(22-16)14-4-2-3-5-15(14)18/h2-11H,1H3/b11-8+. The Morgan fingerprint density at radius 3 is 2.50 bits per heavy atom. The maximum atomic E-state index is 13.6. The molecule has 0 aliphatic rings. The molecule has 1 heterocycles. The highest BCUT2D eigenvalue weighted by Gasteiger charge is 2.10. The number of nitrogens with zero attached hydrogens (tertiary/aromatic N) is 2. The summed E-state index contributed by atoms with van der Waals surface area (Å²) in [6, 6.07) is 13.8.